The molecule has 106 valence electrons. The molecule has 0 spiro atoms. The third-order valence-corrected chi connectivity index (χ3v) is 3.55. The lowest BCUT2D eigenvalue weighted by atomic mass is 10.1. The minimum absolute atomic E-state index is 0.00870. The zero-order chi connectivity index (χ0) is 15.0. The SMILES string of the molecule is Cc1ccc(-n2nc(C(C)C)c(C(=O)O)c2Cl)c(C)c1. The van der Waals surface area contributed by atoms with E-state index < -0.39 is 5.97 Å². The van der Waals surface area contributed by atoms with Crippen molar-refractivity contribution in [2.24, 2.45) is 0 Å². The van der Waals surface area contributed by atoms with E-state index in [2.05, 4.69) is 5.10 Å². The molecule has 0 radical (unpaired) electrons. The van der Waals surface area contributed by atoms with Crippen molar-refractivity contribution in [3.63, 3.8) is 0 Å². The molecule has 1 N–H and O–H groups in total. The largest absolute Gasteiger partial charge is 0.478 e. The van der Waals surface area contributed by atoms with Crippen LogP contribution in [0.2, 0.25) is 5.15 Å². The number of aromatic nitrogens is 2. The number of nitrogens with zero attached hydrogens (tertiary/aromatic N) is 2. The zero-order valence-corrected chi connectivity index (χ0v) is 12.7. The number of rotatable bonds is 3. The van der Waals surface area contributed by atoms with E-state index in [0.29, 0.717) is 5.69 Å². The number of aryl methyl sites for hydroxylation is 2. The maximum absolute atomic E-state index is 11.4. The summed E-state index contributed by atoms with van der Waals surface area (Å²) in [6.45, 7) is 7.76. The number of hydrogen-bond acceptors (Lipinski definition) is 2. The summed E-state index contributed by atoms with van der Waals surface area (Å²) in [6, 6.07) is 5.87. The summed E-state index contributed by atoms with van der Waals surface area (Å²) < 4.78 is 1.51. The van der Waals surface area contributed by atoms with Crippen LogP contribution in [0.1, 0.15) is 46.9 Å². The fourth-order valence-corrected chi connectivity index (χ4v) is 2.52. The van der Waals surface area contributed by atoms with Crippen LogP contribution in [-0.4, -0.2) is 20.9 Å². The van der Waals surface area contributed by atoms with Gasteiger partial charge in [-0.3, -0.25) is 0 Å². The highest BCUT2D eigenvalue weighted by molar-refractivity contribution is 6.33. The van der Waals surface area contributed by atoms with Gasteiger partial charge >= 0.3 is 5.97 Å². The number of carboxylic acids is 1. The van der Waals surface area contributed by atoms with Gasteiger partial charge in [0.05, 0.1) is 11.4 Å². The van der Waals surface area contributed by atoms with Crippen LogP contribution in [0, 0.1) is 13.8 Å². The zero-order valence-electron chi connectivity index (χ0n) is 11.9. The van der Waals surface area contributed by atoms with Crippen LogP contribution >= 0.6 is 11.6 Å². The Balaban J connectivity index is 2.69. The predicted octanol–water partition coefficient (Wildman–Crippen LogP) is 3.96. The average molecular weight is 293 g/mol. The fourth-order valence-electron chi connectivity index (χ4n) is 2.22. The maximum Gasteiger partial charge on any atom is 0.340 e. The molecule has 0 unspecified atom stereocenters. The second-order valence-electron chi connectivity index (χ2n) is 5.21. The summed E-state index contributed by atoms with van der Waals surface area (Å²) in [6.07, 6.45) is 0. The van der Waals surface area contributed by atoms with Gasteiger partial charge in [0.15, 0.2) is 0 Å². The van der Waals surface area contributed by atoms with E-state index in [1.165, 1.54) is 4.68 Å². The quantitative estimate of drug-likeness (QED) is 0.931. The number of halogens is 1. The minimum atomic E-state index is -1.05. The monoisotopic (exact) mass is 292 g/mol. The van der Waals surface area contributed by atoms with Gasteiger partial charge in [0.25, 0.3) is 0 Å². The molecule has 0 amide bonds. The Morgan fingerprint density at radius 3 is 2.45 bits per heavy atom. The van der Waals surface area contributed by atoms with Crippen molar-refractivity contribution in [1.82, 2.24) is 9.78 Å². The van der Waals surface area contributed by atoms with Crippen LogP contribution in [0.3, 0.4) is 0 Å². The summed E-state index contributed by atoms with van der Waals surface area (Å²) >= 11 is 6.23. The smallest absolute Gasteiger partial charge is 0.340 e. The van der Waals surface area contributed by atoms with Crippen molar-refractivity contribution in [3.05, 3.63) is 45.7 Å². The molecule has 0 atom stereocenters. The molecule has 0 saturated carbocycles. The molecule has 0 fully saturated rings. The van der Waals surface area contributed by atoms with Crippen molar-refractivity contribution < 1.29 is 9.90 Å². The highest BCUT2D eigenvalue weighted by Crippen LogP contribution is 2.29. The summed E-state index contributed by atoms with van der Waals surface area (Å²) in [4.78, 5) is 11.4. The van der Waals surface area contributed by atoms with E-state index in [4.69, 9.17) is 11.6 Å². The molecule has 1 heterocycles. The molecule has 1 aromatic heterocycles. The molecule has 20 heavy (non-hydrogen) atoms. The topological polar surface area (TPSA) is 55.1 Å². The predicted molar refractivity (Wildman–Crippen MR) is 79.1 cm³/mol. The molecule has 0 saturated heterocycles. The van der Waals surface area contributed by atoms with E-state index >= 15 is 0 Å². The third kappa shape index (κ3) is 2.43. The van der Waals surface area contributed by atoms with E-state index in [1.54, 1.807) is 0 Å². The van der Waals surface area contributed by atoms with Gasteiger partial charge in [-0.05, 0) is 31.4 Å². The van der Waals surface area contributed by atoms with Gasteiger partial charge in [-0.25, -0.2) is 9.48 Å². The molecule has 2 aromatic rings. The Kier molecular flexibility index (Phi) is 3.86. The summed E-state index contributed by atoms with van der Waals surface area (Å²) in [7, 11) is 0. The van der Waals surface area contributed by atoms with Crippen molar-refractivity contribution in [2.75, 3.05) is 0 Å². The molecule has 0 bridgehead atoms. The number of benzene rings is 1. The number of carbonyl (C=O) groups is 1. The van der Waals surface area contributed by atoms with Gasteiger partial charge in [-0.1, -0.05) is 43.1 Å². The number of hydrogen-bond donors (Lipinski definition) is 1. The van der Waals surface area contributed by atoms with Gasteiger partial charge in [0, 0.05) is 0 Å². The van der Waals surface area contributed by atoms with Crippen molar-refractivity contribution in [2.45, 2.75) is 33.6 Å². The van der Waals surface area contributed by atoms with Gasteiger partial charge in [-0.2, -0.15) is 5.10 Å². The number of carboxylic acid groups (broad SMARTS) is 1. The summed E-state index contributed by atoms with van der Waals surface area (Å²) in [5, 5.41) is 13.9. The van der Waals surface area contributed by atoms with E-state index in [1.807, 2.05) is 45.9 Å². The van der Waals surface area contributed by atoms with Gasteiger partial charge in [-0.15, -0.1) is 0 Å². The first-order chi connectivity index (χ1) is 9.32. The Hall–Kier alpha value is -1.81. The summed E-state index contributed by atoms with van der Waals surface area (Å²) in [5.41, 5.74) is 3.53. The van der Waals surface area contributed by atoms with Gasteiger partial charge < -0.3 is 5.11 Å². The first-order valence-corrected chi connectivity index (χ1v) is 6.80. The molecular formula is C15H17ClN2O2. The van der Waals surface area contributed by atoms with Crippen molar-refractivity contribution in [1.29, 1.82) is 0 Å². The van der Waals surface area contributed by atoms with Crippen LogP contribution in [0.25, 0.3) is 5.69 Å². The Labute approximate surface area is 123 Å². The lowest BCUT2D eigenvalue weighted by molar-refractivity contribution is 0.0695. The third-order valence-electron chi connectivity index (χ3n) is 3.20. The minimum Gasteiger partial charge on any atom is -0.478 e. The fraction of sp³-hybridized carbons (Fsp3) is 0.333. The molecular weight excluding hydrogens is 276 g/mol. The van der Waals surface area contributed by atoms with Gasteiger partial charge in [0.1, 0.15) is 10.7 Å². The van der Waals surface area contributed by atoms with E-state index in [-0.39, 0.29) is 16.6 Å². The molecule has 1 aromatic carbocycles. The first-order valence-electron chi connectivity index (χ1n) is 6.42. The van der Waals surface area contributed by atoms with Crippen molar-refractivity contribution >= 4 is 17.6 Å². The normalized spacial score (nSPS) is 11.1. The average Bonchev–Trinajstić information content (AvgIpc) is 2.67. The standard InChI is InChI=1S/C15H17ClN2O2/c1-8(2)13-12(15(19)20)14(16)18(17-13)11-6-5-9(3)7-10(11)4/h5-8H,1-4H3,(H,19,20). The summed E-state index contributed by atoms with van der Waals surface area (Å²) in [5.74, 6) is -1.06. The van der Waals surface area contributed by atoms with Crippen molar-refractivity contribution in [3.8, 4) is 5.69 Å². The molecule has 2 rings (SSSR count). The molecule has 0 aliphatic rings. The lowest BCUT2D eigenvalue weighted by Crippen LogP contribution is -2.01. The van der Waals surface area contributed by atoms with Crippen LogP contribution in [0.5, 0.6) is 0 Å². The highest BCUT2D eigenvalue weighted by atomic mass is 35.5. The molecule has 0 aliphatic heterocycles. The first kappa shape index (κ1) is 14.6. The van der Waals surface area contributed by atoms with Gasteiger partial charge in [0.2, 0.25) is 0 Å². The number of aromatic carboxylic acids is 1. The Morgan fingerprint density at radius 1 is 1.35 bits per heavy atom. The maximum atomic E-state index is 11.4. The van der Waals surface area contributed by atoms with E-state index in [9.17, 15) is 9.90 Å². The molecule has 0 aliphatic carbocycles. The highest BCUT2D eigenvalue weighted by Gasteiger charge is 2.25. The van der Waals surface area contributed by atoms with Crippen LogP contribution < -0.4 is 0 Å². The Bertz CT molecular complexity index is 675. The lowest BCUT2D eigenvalue weighted by Gasteiger charge is -2.08. The second-order valence-corrected chi connectivity index (χ2v) is 5.57. The van der Waals surface area contributed by atoms with Crippen LogP contribution in [0.15, 0.2) is 18.2 Å². The Morgan fingerprint density at radius 2 is 2.00 bits per heavy atom. The van der Waals surface area contributed by atoms with Crippen LogP contribution in [-0.2, 0) is 0 Å². The second kappa shape index (κ2) is 5.29. The van der Waals surface area contributed by atoms with E-state index in [0.717, 1.165) is 16.8 Å². The molecule has 5 heteroatoms. The molecule has 4 nitrogen and oxygen atoms in total. The van der Waals surface area contributed by atoms with Crippen LogP contribution in [0.4, 0.5) is 0 Å².